The molecular formula is C23H22F2NO. The summed E-state index contributed by atoms with van der Waals surface area (Å²) in [7, 11) is 0. The Morgan fingerprint density at radius 1 is 0.963 bits per heavy atom. The molecule has 0 amide bonds. The molecule has 3 aromatic carbocycles. The van der Waals surface area contributed by atoms with Crippen molar-refractivity contribution >= 4 is 10.8 Å². The molecule has 1 aliphatic rings. The molecule has 1 radical (unpaired) electrons. The zero-order valence-electron chi connectivity index (χ0n) is 15.2. The molecule has 0 spiro atoms. The second-order valence-corrected chi connectivity index (χ2v) is 7.49. The molecule has 3 aromatic rings. The van der Waals surface area contributed by atoms with Gasteiger partial charge in [0.25, 0.3) is 0 Å². The van der Waals surface area contributed by atoms with Crippen LogP contribution >= 0.6 is 0 Å². The van der Waals surface area contributed by atoms with Crippen molar-refractivity contribution in [3.05, 3.63) is 77.4 Å². The Labute approximate surface area is 157 Å². The minimum atomic E-state index is -0.429. The van der Waals surface area contributed by atoms with Crippen LogP contribution in [-0.4, -0.2) is 6.04 Å². The van der Waals surface area contributed by atoms with Crippen molar-refractivity contribution in [2.24, 2.45) is 0 Å². The third kappa shape index (κ3) is 3.67. The second kappa shape index (κ2) is 7.28. The van der Waals surface area contributed by atoms with Crippen molar-refractivity contribution < 1.29 is 13.9 Å². The van der Waals surface area contributed by atoms with E-state index in [1.54, 1.807) is 24.3 Å². The molecule has 0 saturated heterocycles. The molecule has 2 nitrogen and oxygen atoms in total. The van der Waals surface area contributed by atoms with Crippen molar-refractivity contribution in [2.75, 3.05) is 0 Å². The van der Waals surface area contributed by atoms with Crippen LogP contribution in [0.3, 0.4) is 0 Å². The van der Waals surface area contributed by atoms with Gasteiger partial charge in [0.05, 0.1) is 0 Å². The topological polar surface area (TPSA) is 31.9 Å². The maximum Gasteiger partial charge on any atom is 0.178 e. The van der Waals surface area contributed by atoms with Crippen LogP contribution in [0.1, 0.15) is 49.3 Å². The number of hydrogen-bond acceptors (Lipinski definition) is 1. The van der Waals surface area contributed by atoms with Crippen molar-refractivity contribution in [1.29, 1.82) is 0 Å². The first-order chi connectivity index (χ1) is 13.0. The quantitative estimate of drug-likeness (QED) is 0.581. The largest absolute Gasteiger partial charge is 0.307 e. The van der Waals surface area contributed by atoms with Gasteiger partial charge in [0, 0.05) is 17.5 Å². The molecule has 139 valence electrons. The minimum absolute atomic E-state index is 0.0336. The molecule has 4 heteroatoms. The first-order valence-electron chi connectivity index (χ1n) is 9.42. The molecule has 0 aromatic heterocycles. The monoisotopic (exact) mass is 366 g/mol. The van der Waals surface area contributed by atoms with Crippen LogP contribution in [0.5, 0.6) is 5.75 Å². The van der Waals surface area contributed by atoms with Gasteiger partial charge in [-0.2, -0.15) is 0 Å². The van der Waals surface area contributed by atoms with Crippen LogP contribution in [0.25, 0.3) is 10.8 Å². The smallest absolute Gasteiger partial charge is 0.178 e. The van der Waals surface area contributed by atoms with E-state index in [0.717, 1.165) is 30.2 Å². The summed E-state index contributed by atoms with van der Waals surface area (Å²) in [4.78, 5) is 0. The van der Waals surface area contributed by atoms with Crippen LogP contribution in [0.4, 0.5) is 8.78 Å². The molecule has 0 aliphatic heterocycles. The lowest BCUT2D eigenvalue weighted by Gasteiger charge is -2.22. The number of fused-ring (bicyclic) bond motifs is 1. The standard InChI is InChI=1S/C23H22F2NO/c1-14(20-10-11-23(25)22-13-17(24)5-9-21(20)22)26-18-6-2-16(12-18)15-3-7-19(27)8-4-15/h3-5,7-11,13-14,16,18,26H,2,6,12H2,1H3/t14-,16?,18?/m1/s1. The Hall–Kier alpha value is -2.46. The van der Waals surface area contributed by atoms with Gasteiger partial charge in [-0.1, -0.05) is 24.3 Å². The van der Waals surface area contributed by atoms with E-state index in [-0.39, 0.29) is 11.8 Å². The van der Waals surface area contributed by atoms with Gasteiger partial charge in [0.1, 0.15) is 11.6 Å². The average Bonchev–Trinajstić information content (AvgIpc) is 3.11. The number of rotatable bonds is 4. The molecule has 1 aliphatic carbocycles. The molecular weight excluding hydrogens is 344 g/mol. The summed E-state index contributed by atoms with van der Waals surface area (Å²) in [5.41, 5.74) is 2.19. The maximum atomic E-state index is 14.1. The van der Waals surface area contributed by atoms with E-state index in [4.69, 9.17) is 0 Å². The Morgan fingerprint density at radius 2 is 1.74 bits per heavy atom. The molecule has 3 atom stereocenters. The third-order valence-electron chi connectivity index (χ3n) is 5.70. The van der Waals surface area contributed by atoms with Gasteiger partial charge in [-0.15, -0.1) is 0 Å². The number of benzene rings is 3. The Balaban J connectivity index is 1.50. The van der Waals surface area contributed by atoms with Gasteiger partial charge in [-0.25, -0.2) is 8.78 Å². The normalized spacial score (nSPS) is 20.9. The summed E-state index contributed by atoms with van der Waals surface area (Å²) < 4.78 is 27.6. The fourth-order valence-corrected chi connectivity index (χ4v) is 4.30. The number of hydrogen-bond donors (Lipinski definition) is 1. The average molecular weight is 366 g/mol. The lowest BCUT2D eigenvalue weighted by molar-refractivity contribution is 0.354. The summed E-state index contributed by atoms with van der Waals surface area (Å²) in [5.74, 6) is -0.334. The summed E-state index contributed by atoms with van der Waals surface area (Å²) in [6.45, 7) is 2.07. The van der Waals surface area contributed by atoms with Gasteiger partial charge < -0.3 is 5.32 Å². The number of halogens is 2. The first kappa shape index (κ1) is 17.9. The van der Waals surface area contributed by atoms with Crippen molar-refractivity contribution in [2.45, 2.75) is 44.2 Å². The van der Waals surface area contributed by atoms with E-state index in [1.807, 2.05) is 12.1 Å². The molecule has 4 rings (SSSR count). The van der Waals surface area contributed by atoms with Gasteiger partial charge >= 0.3 is 0 Å². The predicted molar refractivity (Wildman–Crippen MR) is 102 cm³/mol. The molecule has 1 fully saturated rings. The summed E-state index contributed by atoms with van der Waals surface area (Å²) in [6.07, 6.45) is 3.15. The molecule has 1 N–H and O–H groups in total. The Kier molecular flexibility index (Phi) is 4.83. The van der Waals surface area contributed by atoms with Crippen molar-refractivity contribution in [3.63, 3.8) is 0 Å². The highest BCUT2D eigenvalue weighted by Gasteiger charge is 2.27. The SMILES string of the molecule is C[C@@H](NC1CCC(c2ccc([O])cc2)C1)c1ccc(F)c2cc(F)ccc12. The van der Waals surface area contributed by atoms with Crippen LogP contribution in [0, 0.1) is 11.6 Å². The lowest BCUT2D eigenvalue weighted by atomic mass is 9.96. The maximum absolute atomic E-state index is 14.1. The molecule has 2 unspecified atom stereocenters. The van der Waals surface area contributed by atoms with Gasteiger partial charge in [-0.3, -0.25) is 5.11 Å². The van der Waals surface area contributed by atoms with Gasteiger partial charge in [0.15, 0.2) is 5.75 Å². The second-order valence-electron chi connectivity index (χ2n) is 7.49. The zero-order chi connectivity index (χ0) is 19.0. The number of nitrogens with one attached hydrogen (secondary N) is 1. The Morgan fingerprint density at radius 3 is 2.52 bits per heavy atom. The van der Waals surface area contributed by atoms with Crippen molar-refractivity contribution in [3.8, 4) is 5.75 Å². The molecule has 27 heavy (non-hydrogen) atoms. The molecule has 0 heterocycles. The van der Waals surface area contributed by atoms with E-state index < -0.39 is 11.6 Å². The van der Waals surface area contributed by atoms with Crippen molar-refractivity contribution in [1.82, 2.24) is 5.32 Å². The summed E-state index contributed by atoms with van der Waals surface area (Å²) in [6, 6.07) is 15.0. The minimum Gasteiger partial charge on any atom is -0.307 e. The highest BCUT2D eigenvalue weighted by atomic mass is 19.1. The van der Waals surface area contributed by atoms with Crippen LogP contribution in [0.2, 0.25) is 0 Å². The van der Waals surface area contributed by atoms with E-state index in [2.05, 4.69) is 12.2 Å². The summed E-state index contributed by atoms with van der Waals surface area (Å²) >= 11 is 0. The van der Waals surface area contributed by atoms with Gasteiger partial charge in [-0.05, 0) is 78.9 Å². The van der Waals surface area contributed by atoms with Crippen LogP contribution < -0.4 is 5.32 Å². The fraction of sp³-hybridized carbons (Fsp3) is 0.304. The van der Waals surface area contributed by atoms with E-state index in [9.17, 15) is 13.9 Å². The molecule has 1 saturated carbocycles. The summed E-state index contributed by atoms with van der Waals surface area (Å²) in [5, 5.41) is 16.0. The third-order valence-corrected chi connectivity index (χ3v) is 5.70. The Bertz CT molecular complexity index is 954. The zero-order valence-corrected chi connectivity index (χ0v) is 15.2. The lowest BCUT2D eigenvalue weighted by Crippen LogP contribution is -2.29. The van der Waals surface area contributed by atoms with Crippen LogP contribution in [0.15, 0.2) is 54.6 Å². The fourth-order valence-electron chi connectivity index (χ4n) is 4.30. The van der Waals surface area contributed by atoms with Crippen LogP contribution in [-0.2, 0) is 5.11 Å². The first-order valence-corrected chi connectivity index (χ1v) is 9.42. The van der Waals surface area contributed by atoms with Gasteiger partial charge in [0.2, 0.25) is 0 Å². The van der Waals surface area contributed by atoms with E-state index in [1.165, 1.54) is 23.8 Å². The van der Waals surface area contributed by atoms with E-state index >= 15 is 0 Å². The highest BCUT2D eigenvalue weighted by molar-refractivity contribution is 5.86. The predicted octanol–water partition coefficient (Wildman–Crippen LogP) is 6.25. The highest BCUT2D eigenvalue weighted by Crippen LogP contribution is 2.36. The van der Waals surface area contributed by atoms with E-state index in [0.29, 0.717) is 17.3 Å². The molecule has 0 bridgehead atoms.